The van der Waals surface area contributed by atoms with Gasteiger partial charge in [0.2, 0.25) is 5.91 Å². The number of hydrogen-bond donors (Lipinski definition) is 1. The van der Waals surface area contributed by atoms with Gasteiger partial charge in [0.25, 0.3) is 0 Å². The van der Waals surface area contributed by atoms with Crippen molar-refractivity contribution in [1.29, 1.82) is 0 Å². The maximum Gasteiger partial charge on any atom is 0.232 e. The number of hydrogen-bond acceptors (Lipinski definition) is 4. The molecule has 0 radical (unpaired) electrons. The highest BCUT2D eigenvalue weighted by molar-refractivity contribution is 7.99. The number of carbonyl (C=O) groups is 1. The molecule has 1 amide bonds. The van der Waals surface area contributed by atoms with E-state index in [1.807, 2.05) is 18.8 Å². The molecule has 23 heavy (non-hydrogen) atoms. The van der Waals surface area contributed by atoms with Gasteiger partial charge < -0.3 is 9.80 Å². The lowest BCUT2D eigenvalue weighted by atomic mass is 10.2. The zero-order valence-corrected chi connectivity index (χ0v) is 14.8. The van der Waals surface area contributed by atoms with E-state index in [1.54, 1.807) is 4.90 Å². The largest absolute Gasteiger partial charge is 0.345 e. The zero-order chi connectivity index (χ0) is 16.2. The minimum absolute atomic E-state index is 0.0725. The van der Waals surface area contributed by atoms with Crippen LogP contribution >= 0.6 is 24.4 Å². The van der Waals surface area contributed by atoms with Crippen LogP contribution in [0, 0.1) is 0 Å². The summed E-state index contributed by atoms with van der Waals surface area (Å²) in [6.07, 6.45) is 0.920. The lowest BCUT2D eigenvalue weighted by Crippen LogP contribution is -2.31. The summed E-state index contributed by atoms with van der Waals surface area (Å²) in [5.74, 6) is 0.339. The lowest BCUT2D eigenvalue weighted by molar-refractivity contribution is -0.127. The van der Waals surface area contributed by atoms with Gasteiger partial charge in [-0.3, -0.25) is 4.79 Å². The molecule has 3 nitrogen and oxygen atoms in total. The standard InChI is InChI=1S/C18H20N2OS2/c1-19(18(21)13-22)11-6-12-20-14-7-2-4-9-16(14)23-17-10-5-3-8-15(17)20/h2-5,7-10,22H,6,11-13H2,1H3. The van der Waals surface area contributed by atoms with Crippen molar-refractivity contribution in [3.8, 4) is 0 Å². The molecule has 0 atom stereocenters. The van der Waals surface area contributed by atoms with Crippen molar-refractivity contribution in [3.63, 3.8) is 0 Å². The average molecular weight is 345 g/mol. The number of fused-ring (bicyclic) bond motifs is 2. The molecule has 0 saturated heterocycles. The number of carbonyl (C=O) groups excluding carboxylic acids is 1. The van der Waals surface area contributed by atoms with Crippen LogP contribution in [0.25, 0.3) is 0 Å². The second-order valence-electron chi connectivity index (χ2n) is 5.52. The first-order valence-corrected chi connectivity index (χ1v) is 9.14. The first-order chi connectivity index (χ1) is 11.2. The Morgan fingerprint density at radius 3 is 2.22 bits per heavy atom. The molecular formula is C18H20N2OS2. The molecule has 1 aliphatic rings. The Bertz CT molecular complexity index is 659. The van der Waals surface area contributed by atoms with Gasteiger partial charge in [0.1, 0.15) is 0 Å². The summed E-state index contributed by atoms with van der Waals surface area (Å²) in [7, 11) is 1.84. The third-order valence-corrected chi connectivity index (χ3v) is 5.37. The Hall–Kier alpha value is -1.59. The Balaban J connectivity index is 1.77. The van der Waals surface area contributed by atoms with Crippen molar-refractivity contribution >= 4 is 41.7 Å². The number of benzene rings is 2. The molecule has 0 saturated carbocycles. The van der Waals surface area contributed by atoms with E-state index in [2.05, 4.69) is 66.1 Å². The topological polar surface area (TPSA) is 23.6 Å². The highest BCUT2D eigenvalue weighted by Crippen LogP contribution is 2.47. The Labute approximate surface area is 147 Å². The Kier molecular flexibility index (Phi) is 5.18. The van der Waals surface area contributed by atoms with E-state index < -0.39 is 0 Å². The lowest BCUT2D eigenvalue weighted by Gasteiger charge is -2.33. The van der Waals surface area contributed by atoms with Crippen molar-refractivity contribution in [1.82, 2.24) is 4.90 Å². The van der Waals surface area contributed by atoms with Crippen LogP contribution in [0.5, 0.6) is 0 Å². The number of amides is 1. The summed E-state index contributed by atoms with van der Waals surface area (Å²) >= 11 is 5.87. The van der Waals surface area contributed by atoms with Crippen LogP contribution in [0.1, 0.15) is 6.42 Å². The number of para-hydroxylation sites is 2. The van der Waals surface area contributed by atoms with E-state index >= 15 is 0 Å². The number of rotatable bonds is 5. The minimum Gasteiger partial charge on any atom is -0.345 e. The van der Waals surface area contributed by atoms with Gasteiger partial charge in [0, 0.05) is 29.9 Å². The molecule has 0 unspecified atom stereocenters. The highest BCUT2D eigenvalue weighted by atomic mass is 32.2. The summed E-state index contributed by atoms with van der Waals surface area (Å²) < 4.78 is 0. The maximum absolute atomic E-state index is 11.6. The van der Waals surface area contributed by atoms with Gasteiger partial charge in [-0.05, 0) is 30.7 Å². The average Bonchev–Trinajstić information content (AvgIpc) is 2.60. The molecule has 3 rings (SSSR count). The quantitative estimate of drug-likeness (QED) is 0.827. The van der Waals surface area contributed by atoms with Crippen LogP contribution in [-0.2, 0) is 4.79 Å². The van der Waals surface area contributed by atoms with Crippen LogP contribution in [0.3, 0.4) is 0 Å². The van der Waals surface area contributed by atoms with Gasteiger partial charge in [0.15, 0.2) is 0 Å². The van der Waals surface area contributed by atoms with Gasteiger partial charge in [-0.2, -0.15) is 12.6 Å². The Morgan fingerprint density at radius 2 is 1.65 bits per heavy atom. The van der Waals surface area contributed by atoms with Crippen molar-refractivity contribution in [2.24, 2.45) is 0 Å². The third-order valence-electron chi connectivity index (χ3n) is 3.97. The number of nitrogens with zero attached hydrogens (tertiary/aromatic N) is 2. The van der Waals surface area contributed by atoms with Crippen LogP contribution in [0.2, 0.25) is 0 Å². The molecule has 2 aromatic rings. The number of anilines is 2. The van der Waals surface area contributed by atoms with Crippen LogP contribution in [0.15, 0.2) is 58.3 Å². The van der Waals surface area contributed by atoms with Crippen molar-refractivity contribution in [3.05, 3.63) is 48.5 Å². The smallest absolute Gasteiger partial charge is 0.232 e. The molecule has 0 spiro atoms. The van der Waals surface area contributed by atoms with E-state index in [0.717, 1.165) is 19.5 Å². The maximum atomic E-state index is 11.6. The summed E-state index contributed by atoms with van der Waals surface area (Å²) in [6.45, 7) is 1.63. The molecule has 0 fully saturated rings. The fourth-order valence-corrected chi connectivity index (χ4v) is 4.07. The fraction of sp³-hybridized carbons (Fsp3) is 0.278. The van der Waals surface area contributed by atoms with Gasteiger partial charge in [-0.1, -0.05) is 36.0 Å². The minimum atomic E-state index is 0.0725. The fourth-order valence-electron chi connectivity index (χ4n) is 2.73. The highest BCUT2D eigenvalue weighted by Gasteiger charge is 2.22. The van der Waals surface area contributed by atoms with Crippen molar-refractivity contribution in [2.75, 3.05) is 30.8 Å². The van der Waals surface area contributed by atoms with Crippen LogP contribution in [0.4, 0.5) is 11.4 Å². The van der Waals surface area contributed by atoms with Gasteiger partial charge in [-0.25, -0.2) is 0 Å². The van der Waals surface area contributed by atoms with Gasteiger partial charge >= 0.3 is 0 Å². The van der Waals surface area contributed by atoms with Crippen molar-refractivity contribution < 1.29 is 4.79 Å². The van der Waals surface area contributed by atoms with E-state index in [4.69, 9.17) is 0 Å². The molecule has 120 valence electrons. The first-order valence-electron chi connectivity index (χ1n) is 7.69. The molecule has 1 aliphatic heterocycles. The second-order valence-corrected chi connectivity index (χ2v) is 6.92. The third kappa shape index (κ3) is 3.51. The summed E-state index contributed by atoms with van der Waals surface area (Å²) in [5, 5.41) is 0. The first kappa shape index (κ1) is 16.3. The van der Waals surface area contributed by atoms with E-state index in [0.29, 0.717) is 0 Å². The second kappa shape index (κ2) is 7.32. The number of thiol groups is 1. The zero-order valence-electron chi connectivity index (χ0n) is 13.1. The molecule has 1 heterocycles. The van der Waals surface area contributed by atoms with E-state index in [9.17, 15) is 4.79 Å². The summed E-state index contributed by atoms with van der Waals surface area (Å²) in [5.41, 5.74) is 2.50. The SMILES string of the molecule is CN(CCCN1c2ccccc2Sc2ccccc21)C(=O)CS. The van der Waals surface area contributed by atoms with Gasteiger partial charge in [-0.15, -0.1) is 0 Å². The van der Waals surface area contributed by atoms with Crippen LogP contribution in [-0.4, -0.2) is 36.7 Å². The Morgan fingerprint density at radius 1 is 1.09 bits per heavy atom. The monoisotopic (exact) mass is 344 g/mol. The van der Waals surface area contributed by atoms with Crippen molar-refractivity contribution in [2.45, 2.75) is 16.2 Å². The predicted octanol–water partition coefficient (Wildman–Crippen LogP) is 4.07. The van der Waals surface area contributed by atoms with Gasteiger partial charge in [0.05, 0.1) is 17.1 Å². The normalized spacial score (nSPS) is 12.5. The predicted molar refractivity (Wildman–Crippen MR) is 100 cm³/mol. The molecule has 0 aromatic heterocycles. The molecule has 0 bridgehead atoms. The summed E-state index contributed by atoms with van der Waals surface area (Å²) in [4.78, 5) is 18.3. The van der Waals surface area contributed by atoms with E-state index in [-0.39, 0.29) is 11.7 Å². The van der Waals surface area contributed by atoms with Crippen LogP contribution < -0.4 is 4.90 Å². The molecule has 2 aromatic carbocycles. The molecule has 0 N–H and O–H groups in total. The molecule has 0 aliphatic carbocycles. The molecule has 5 heteroatoms. The summed E-state index contributed by atoms with van der Waals surface area (Å²) in [6, 6.07) is 17.0. The molecular weight excluding hydrogens is 324 g/mol. The van der Waals surface area contributed by atoms with E-state index in [1.165, 1.54) is 21.2 Å².